The van der Waals surface area contributed by atoms with E-state index >= 15 is 0 Å². The van der Waals surface area contributed by atoms with Crippen LogP contribution in [0.15, 0.2) is 4.42 Å². The van der Waals surface area contributed by atoms with Gasteiger partial charge < -0.3 is 9.73 Å². The van der Waals surface area contributed by atoms with Crippen LogP contribution >= 0.6 is 0 Å². The van der Waals surface area contributed by atoms with Gasteiger partial charge >= 0.3 is 0 Å². The Morgan fingerprint density at radius 1 is 1.16 bits per heavy atom. The minimum absolute atomic E-state index is 0.460. The van der Waals surface area contributed by atoms with Crippen LogP contribution < -0.4 is 5.32 Å². The second-order valence-electron chi connectivity index (χ2n) is 7.04. The molecule has 1 fully saturated rings. The van der Waals surface area contributed by atoms with Crippen molar-refractivity contribution >= 4 is 0 Å². The monoisotopic (exact) mass is 264 g/mol. The smallest absolute Gasteiger partial charge is 0.208 e. The summed E-state index contributed by atoms with van der Waals surface area (Å²) in [4.78, 5) is 4.42. The van der Waals surface area contributed by atoms with E-state index in [9.17, 15) is 0 Å². The summed E-state index contributed by atoms with van der Waals surface area (Å²) < 4.78 is 5.61. The van der Waals surface area contributed by atoms with Gasteiger partial charge in [0.05, 0.1) is 12.2 Å². The fourth-order valence-electron chi connectivity index (χ4n) is 3.01. The van der Waals surface area contributed by atoms with Crippen molar-refractivity contribution in [3.63, 3.8) is 0 Å². The van der Waals surface area contributed by atoms with Gasteiger partial charge in [-0.25, -0.2) is 4.98 Å². The molecule has 108 valence electrons. The molecular weight excluding hydrogens is 236 g/mol. The molecule has 1 aliphatic carbocycles. The molecule has 3 heteroatoms. The van der Waals surface area contributed by atoms with Crippen molar-refractivity contribution in [1.29, 1.82) is 0 Å². The highest BCUT2D eigenvalue weighted by atomic mass is 16.4. The third kappa shape index (κ3) is 3.82. The van der Waals surface area contributed by atoms with Crippen molar-refractivity contribution in [3.8, 4) is 0 Å². The Bertz CT molecular complexity index is 389. The fraction of sp³-hybridized carbons (Fsp3) is 0.812. The van der Waals surface area contributed by atoms with Crippen LogP contribution in [0.5, 0.6) is 0 Å². The summed E-state index contributed by atoms with van der Waals surface area (Å²) in [5.41, 5.74) is 1.47. The summed E-state index contributed by atoms with van der Waals surface area (Å²) in [6, 6.07) is 0.631. The zero-order valence-corrected chi connectivity index (χ0v) is 13.0. The summed E-state index contributed by atoms with van der Waals surface area (Å²) >= 11 is 0. The van der Waals surface area contributed by atoms with E-state index in [1.807, 2.05) is 13.8 Å². The Kier molecular flexibility index (Phi) is 4.34. The topological polar surface area (TPSA) is 38.1 Å². The average Bonchev–Trinajstić information content (AvgIpc) is 2.66. The van der Waals surface area contributed by atoms with Crippen molar-refractivity contribution in [2.24, 2.45) is 11.3 Å². The molecule has 1 aliphatic rings. The number of nitrogens with zero attached hydrogens (tertiary/aromatic N) is 1. The summed E-state index contributed by atoms with van der Waals surface area (Å²) in [6.45, 7) is 11.8. The van der Waals surface area contributed by atoms with Gasteiger partial charge in [-0.15, -0.1) is 0 Å². The predicted octanol–water partition coefficient (Wildman–Crippen LogP) is 3.99. The molecule has 2 rings (SSSR count). The number of nitrogens with one attached hydrogen (secondary N) is 1. The van der Waals surface area contributed by atoms with Crippen LogP contribution in [0.2, 0.25) is 0 Å². The first kappa shape index (κ1) is 14.6. The first-order valence-electron chi connectivity index (χ1n) is 7.52. The van der Waals surface area contributed by atoms with Gasteiger partial charge in [0, 0.05) is 6.04 Å². The zero-order valence-electron chi connectivity index (χ0n) is 13.0. The molecule has 0 unspecified atom stereocenters. The molecule has 0 saturated heterocycles. The molecular formula is C16H28N2O. The lowest BCUT2D eigenvalue weighted by molar-refractivity contribution is 0.159. The van der Waals surface area contributed by atoms with E-state index < -0.39 is 0 Å². The van der Waals surface area contributed by atoms with Gasteiger partial charge in [-0.05, 0) is 50.9 Å². The van der Waals surface area contributed by atoms with Crippen molar-refractivity contribution in [3.05, 3.63) is 17.3 Å². The minimum atomic E-state index is 0.460. The van der Waals surface area contributed by atoms with E-state index in [0.29, 0.717) is 11.5 Å². The summed E-state index contributed by atoms with van der Waals surface area (Å²) in [5, 5.41) is 3.59. The molecule has 1 aromatic rings. The van der Waals surface area contributed by atoms with Crippen LogP contribution in [-0.2, 0) is 6.54 Å². The van der Waals surface area contributed by atoms with E-state index in [2.05, 4.69) is 31.1 Å². The lowest BCUT2D eigenvalue weighted by Gasteiger charge is -2.37. The van der Waals surface area contributed by atoms with Crippen molar-refractivity contribution < 1.29 is 4.42 Å². The minimum Gasteiger partial charge on any atom is -0.444 e. The molecule has 19 heavy (non-hydrogen) atoms. The fourth-order valence-corrected chi connectivity index (χ4v) is 3.01. The molecule has 1 N–H and O–H groups in total. The van der Waals surface area contributed by atoms with Gasteiger partial charge in [-0.1, -0.05) is 20.8 Å². The Balaban J connectivity index is 1.77. The van der Waals surface area contributed by atoms with Crippen molar-refractivity contribution in [2.75, 3.05) is 0 Å². The maximum absolute atomic E-state index is 5.61. The number of hydrogen-bond acceptors (Lipinski definition) is 3. The van der Waals surface area contributed by atoms with E-state index in [-0.39, 0.29) is 0 Å². The van der Waals surface area contributed by atoms with Crippen LogP contribution in [0.25, 0.3) is 0 Å². The number of rotatable bonds is 3. The van der Waals surface area contributed by atoms with E-state index in [4.69, 9.17) is 4.42 Å². The Hall–Kier alpha value is -0.830. The number of aromatic nitrogens is 1. The van der Waals surface area contributed by atoms with Gasteiger partial charge in [0.2, 0.25) is 5.89 Å². The summed E-state index contributed by atoms with van der Waals surface area (Å²) in [7, 11) is 0. The van der Waals surface area contributed by atoms with Gasteiger partial charge in [-0.3, -0.25) is 0 Å². The molecule has 0 aromatic carbocycles. The molecule has 1 saturated carbocycles. The second kappa shape index (κ2) is 5.66. The van der Waals surface area contributed by atoms with Crippen molar-refractivity contribution in [1.82, 2.24) is 10.3 Å². The average molecular weight is 264 g/mol. The highest BCUT2D eigenvalue weighted by Crippen LogP contribution is 2.37. The van der Waals surface area contributed by atoms with Crippen LogP contribution in [0.1, 0.15) is 63.8 Å². The van der Waals surface area contributed by atoms with Gasteiger partial charge in [0.15, 0.2) is 0 Å². The lowest BCUT2D eigenvalue weighted by Crippen LogP contribution is -2.35. The molecule has 1 aromatic heterocycles. The summed E-state index contributed by atoms with van der Waals surface area (Å²) in [6.07, 6.45) is 5.23. The molecule has 0 radical (unpaired) electrons. The molecule has 0 spiro atoms. The van der Waals surface area contributed by atoms with E-state index in [1.165, 1.54) is 25.7 Å². The zero-order chi connectivity index (χ0) is 14.0. The Morgan fingerprint density at radius 2 is 1.79 bits per heavy atom. The molecule has 1 heterocycles. The first-order valence-corrected chi connectivity index (χ1v) is 7.52. The molecule has 0 aliphatic heterocycles. The SMILES string of the molecule is Cc1nc(CNC2CCC(C(C)(C)C)CC2)oc1C. The number of hydrogen-bond donors (Lipinski definition) is 1. The normalized spacial score (nSPS) is 24.7. The van der Waals surface area contributed by atoms with Crippen LogP contribution in [0.3, 0.4) is 0 Å². The third-order valence-electron chi connectivity index (χ3n) is 4.57. The maximum Gasteiger partial charge on any atom is 0.208 e. The highest BCUT2D eigenvalue weighted by Gasteiger charge is 2.29. The quantitative estimate of drug-likeness (QED) is 0.897. The van der Waals surface area contributed by atoms with Crippen molar-refractivity contribution in [2.45, 2.75) is 72.9 Å². The molecule has 0 amide bonds. The molecule has 0 atom stereocenters. The number of oxazole rings is 1. The van der Waals surface area contributed by atoms with Crippen LogP contribution in [0, 0.1) is 25.2 Å². The van der Waals surface area contributed by atoms with Gasteiger partial charge in [-0.2, -0.15) is 0 Å². The van der Waals surface area contributed by atoms with Crippen LogP contribution in [-0.4, -0.2) is 11.0 Å². The van der Waals surface area contributed by atoms with Gasteiger partial charge in [0.1, 0.15) is 5.76 Å². The Labute approximate surface area is 117 Å². The maximum atomic E-state index is 5.61. The van der Waals surface area contributed by atoms with E-state index in [0.717, 1.165) is 29.8 Å². The number of aryl methyl sites for hydroxylation is 2. The second-order valence-corrected chi connectivity index (χ2v) is 7.04. The Morgan fingerprint density at radius 3 is 2.26 bits per heavy atom. The lowest BCUT2D eigenvalue weighted by atomic mass is 9.71. The predicted molar refractivity (Wildman–Crippen MR) is 78.0 cm³/mol. The standard InChI is InChI=1S/C16H28N2O/c1-11-12(2)19-15(18-11)10-17-14-8-6-13(7-9-14)16(3,4)5/h13-14,17H,6-10H2,1-5H3. The molecule has 3 nitrogen and oxygen atoms in total. The third-order valence-corrected chi connectivity index (χ3v) is 4.57. The largest absolute Gasteiger partial charge is 0.444 e. The first-order chi connectivity index (χ1) is 8.86. The summed E-state index contributed by atoms with van der Waals surface area (Å²) in [5.74, 6) is 2.64. The van der Waals surface area contributed by atoms with Crippen LogP contribution in [0.4, 0.5) is 0 Å². The van der Waals surface area contributed by atoms with Gasteiger partial charge in [0.25, 0.3) is 0 Å². The van der Waals surface area contributed by atoms with E-state index in [1.54, 1.807) is 0 Å². The molecule has 0 bridgehead atoms. The highest BCUT2D eigenvalue weighted by molar-refractivity contribution is 5.05.